The lowest BCUT2D eigenvalue weighted by Crippen LogP contribution is -2.27. The van der Waals surface area contributed by atoms with Gasteiger partial charge in [-0.1, -0.05) is 6.07 Å². The second-order valence-electron chi connectivity index (χ2n) is 5.44. The largest absolute Gasteiger partial charge is 0.497 e. The lowest BCUT2D eigenvalue weighted by molar-refractivity contribution is -0.141. The van der Waals surface area contributed by atoms with Crippen LogP contribution in [0.15, 0.2) is 34.6 Å². The number of cyclic esters (lactones) is 1. The van der Waals surface area contributed by atoms with Gasteiger partial charge in [0, 0.05) is 28.5 Å². The lowest BCUT2D eigenvalue weighted by atomic mass is 9.79. The van der Waals surface area contributed by atoms with Crippen LogP contribution in [-0.4, -0.2) is 32.5 Å². The summed E-state index contributed by atoms with van der Waals surface area (Å²) in [5.74, 6) is 0.640. The van der Waals surface area contributed by atoms with Crippen molar-refractivity contribution >= 4 is 28.7 Å². The number of benzene rings is 1. The molecule has 2 aliphatic heterocycles. The Morgan fingerprint density at radius 1 is 1.26 bits per heavy atom. The molecule has 1 aromatic heterocycles. The van der Waals surface area contributed by atoms with Crippen LogP contribution >= 0.6 is 11.3 Å². The van der Waals surface area contributed by atoms with Crippen LogP contribution in [0.2, 0.25) is 0 Å². The number of fused-ring (bicyclic) bond motifs is 2. The van der Waals surface area contributed by atoms with Gasteiger partial charge in [-0.15, -0.1) is 11.3 Å². The van der Waals surface area contributed by atoms with Crippen LogP contribution in [0.4, 0.5) is 5.69 Å². The Balaban J connectivity index is 1.98. The second-order valence-corrected chi connectivity index (χ2v) is 6.42. The maximum Gasteiger partial charge on any atom is 0.316 e. The number of methoxy groups -OCH3 is 2. The van der Waals surface area contributed by atoms with Crippen molar-refractivity contribution < 1.29 is 19.0 Å². The first-order valence-electron chi connectivity index (χ1n) is 7.26. The molecule has 6 heteroatoms. The quantitative estimate of drug-likeness (QED) is 0.812. The van der Waals surface area contributed by atoms with Gasteiger partial charge in [0.2, 0.25) is 0 Å². The van der Waals surface area contributed by atoms with Gasteiger partial charge in [0.25, 0.3) is 0 Å². The fraction of sp³-hybridized carbons (Fsp3) is 0.294. The van der Waals surface area contributed by atoms with Crippen LogP contribution in [-0.2, 0) is 9.53 Å². The summed E-state index contributed by atoms with van der Waals surface area (Å²) in [4.78, 5) is 18.0. The maximum atomic E-state index is 12.3. The Hall–Kier alpha value is -2.34. The van der Waals surface area contributed by atoms with Gasteiger partial charge < -0.3 is 14.2 Å². The number of carbonyl (C=O) groups excluding carboxylic acids is 1. The van der Waals surface area contributed by atoms with E-state index in [-0.39, 0.29) is 24.4 Å². The summed E-state index contributed by atoms with van der Waals surface area (Å²) >= 11 is 1.62. The minimum atomic E-state index is -0.372. The second kappa shape index (κ2) is 5.38. The number of nitrogens with zero attached hydrogens (tertiary/aromatic N) is 1. The molecular formula is C17H15NO4S. The molecule has 3 heterocycles. The van der Waals surface area contributed by atoms with Gasteiger partial charge in [-0.25, -0.2) is 0 Å². The molecule has 0 aliphatic carbocycles. The van der Waals surface area contributed by atoms with Gasteiger partial charge in [0.15, 0.2) is 0 Å². The van der Waals surface area contributed by atoms with Crippen molar-refractivity contribution in [2.75, 3.05) is 20.8 Å². The lowest BCUT2D eigenvalue weighted by Gasteiger charge is -2.28. The highest BCUT2D eigenvalue weighted by molar-refractivity contribution is 7.10. The van der Waals surface area contributed by atoms with Gasteiger partial charge in [0.05, 0.1) is 25.6 Å². The first-order valence-corrected chi connectivity index (χ1v) is 8.14. The number of hydrogen-bond acceptors (Lipinski definition) is 6. The number of aliphatic imine (C=N–C) groups is 1. The number of ether oxygens (including phenoxy) is 3. The molecule has 118 valence electrons. The zero-order valence-corrected chi connectivity index (χ0v) is 13.6. The van der Waals surface area contributed by atoms with Crippen LogP contribution in [0, 0.1) is 5.92 Å². The van der Waals surface area contributed by atoms with E-state index in [1.165, 1.54) is 0 Å². The minimum Gasteiger partial charge on any atom is -0.497 e. The van der Waals surface area contributed by atoms with E-state index >= 15 is 0 Å². The Morgan fingerprint density at radius 2 is 2.13 bits per heavy atom. The van der Waals surface area contributed by atoms with E-state index in [1.54, 1.807) is 25.6 Å². The predicted octanol–water partition coefficient (Wildman–Crippen LogP) is 3.16. The highest BCUT2D eigenvalue weighted by atomic mass is 32.1. The monoisotopic (exact) mass is 329 g/mol. The highest BCUT2D eigenvalue weighted by Crippen LogP contribution is 2.50. The number of thiophene rings is 1. The molecule has 2 unspecified atom stereocenters. The van der Waals surface area contributed by atoms with Gasteiger partial charge in [-0.2, -0.15) is 0 Å². The molecule has 0 spiro atoms. The molecule has 0 N–H and O–H groups in total. The third-order valence-electron chi connectivity index (χ3n) is 4.28. The SMILES string of the molecule is COc1cc2c(c(OC)c1)C(c1cccs1)C1C(=O)OCC1=N2. The van der Waals surface area contributed by atoms with E-state index < -0.39 is 0 Å². The topological polar surface area (TPSA) is 57.1 Å². The standard InChI is InChI=1S/C17H15NO4S/c1-20-9-6-10-14(12(7-9)21-2)16(13-4-3-5-23-13)15-11(18-10)8-22-17(15)19/h3-7,15-16H,8H2,1-2H3. The first kappa shape index (κ1) is 14.3. The van der Waals surface area contributed by atoms with Crippen LogP contribution < -0.4 is 9.47 Å². The van der Waals surface area contributed by atoms with Crippen molar-refractivity contribution in [1.29, 1.82) is 0 Å². The average molecular weight is 329 g/mol. The van der Waals surface area contributed by atoms with Crippen molar-refractivity contribution in [1.82, 2.24) is 0 Å². The predicted molar refractivity (Wildman–Crippen MR) is 87.3 cm³/mol. The molecular weight excluding hydrogens is 314 g/mol. The average Bonchev–Trinajstić information content (AvgIpc) is 3.22. The van der Waals surface area contributed by atoms with Gasteiger partial charge >= 0.3 is 5.97 Å². The molecule has 0 bridgehead atoms. The van der Waals surface area contributed by atoms with Crippen molar-refractivity contribution in [3.05, 3.63) is 40.1 Å². The Bertz CT molecular complexity index is 797. The zero-order chi connectivity index (χ0) is 16.0. The molecule has 1 fully saturated rings. The van der Waals surface area contributed by atoms with Gasteiger partial charge in [-0.3, -0.25) is 9.79 Å². The van der Waals surface area contributed by atoms with E-state index in [9.17, 15) is 4.79 Å². The molecule has 2 atom stereocenters. The summed E-state index contributed by atoms with van der Waals surface area (Å²) in [5, 5.41) is 2.01. The van der Waals surface area contributed by atoms with E-state index in [2.05, 4.69) is 4.99 Å². The Morgan fingerprint density at radius 3 is 2.83 bits per heavy atom. The Labute approximate surface area is 137 Å². The number of esters is 1. The van der Waals surface area contributed by atoms with Crippen molar-refractivity contribution in [3.8, 4) is 11.5 Å². The third-order valence-corrected chi connectivity index (χ3v) is 5.24. The summed E-state index contributed by atoms with van der Waals surface area (Å²) in [6, 6.07) is 7.74. The summed E-state index contributed by atoms with van der Waals surface area (Å²) < 4.78 is 16.2. The summed E-state index contributed by atoms with van der Waals surface area (Å²) in [6.45, 7) is 0.254. The summed E-state index contributed by atoms with van der Waals surface area (Å²) in [5.41, 5.74) is 2.48. The van der Waals surface area contributed by atoms with Crippen molar-refractivity contribution in [2.45, 2.75) is 5.92 Å². The van der Waals surface area contributed by atoms with Crippen LogP contribution in [0.25, 0.3) is 0 Å². The number of rotatable bonds is 3. The fourth-order valence-electron chi connectivity index (χ4n) is 3.27. The summed E-state index contributed by atoms with van der Waals surface area (Å²) in [7, 11) is 3.23. The van der Waals surface area contributed by atoms with Gasteiger partial charge in [0.1, 0.15) is 24.0 Å². The molecule has 0 amide bonds. The molecule has 4 rings (SSSR count). The highest BCUT2D eigenvalue weighted by Gasteiger charge is 2.46. The zero-order valence-electron chi connectivity index (χ0n) is 12.7. The molecule has 1 saturated heterocycles. The minimum absolute atomic E-state index is 0.131. The molecule has 0 saturated carbocycles. The van der Waals surface area contributed by atoms with Gasteiger partial charge in [-0.05, 0) is 11.4 Å². The van der Waals surface area contributed by atoms with Crippen LogP contribution in [0.1, 0.15) is 16.4 Å². The third kappa shape index (κ3) is 2.13. The van der Waals surface area contributed by atoms with E-state index in [0.29, 0.717) is 11.5 Å². The first-order chi connectivity index (χ1) is 11.2. The summed E-state index contributed by atoms with van der Waals surface area (Å²) in [6.07, 6.45) is 0. The van der Waals surface area contributed by atoms with E-state index in [1.807, 2.05) is 29.6 Å². The van der Waals surface area contributed by atoms with Crippen molar-refractivity contribution in [3.63, 3.8) is 0 Å². The van der Waals surface area contributed by atoms with E-state index in [0.717, 1.165) is 21.8 Å². The maximum absolute atomic E-state index is 12.3. The van der Waals surface area contributed by atoms with E-state index in [4.69, 9.17) is 14.2 Å². The number of hydrogen-bond donors (Lipinski definition) is 0. The molecule has 23 heavy (non-hydrogen) atoms. The van der Waals surface area contributed by atoms with Crippen molar-refractivity contribution in [2.24, 2.45) is 10.9 Å². The van der Waals surface area contributed by atoms with Crippen LogP contribution in [0.5, 0.6) is 11.5 Å². The normalized spacial score (nSPS) is 22.0. The molecule has 5 nitrogen and oxygen atoms in total. The molecule has 2 aliphatic rings. The molecule has 2 aromatic rings. The number of carbonyl (C=O) groups is 1. The fourth-order valence-corrected chi connectivity index (χ4v) is 4.14. The molecule has 0 radical (unpaired) electrons. The Kier molecular flexibility index (Phi) is 3.34. The smallest absolute Gasteiger partial charge is 0.316 e. The van der Waals surface area contributed by atoms with Crippen LogP contribution in [0.3, 0.4) is 0 Å². The molecule has 1 aromatic carbocycles.